The minimum Gasteiger partial charge on any atom is -0.255 e. The number of rotatable bonds is 1. The van der Waals surface area contributed by atoms with Gasteiger partial charge in [-0.2, -0.15) is 0 Å². The summed E-state index contributed by atoms with van der Waals surface area (Å²) in [6, 6.07) is 0.798. The van der Waals surface area contributed by atoms with Crippen molar-refractivity contribution in [2.45, 2.75) is 128 Å². The zero-order valence-corrected chi connectivity index (χ0v) is 16.4. The van der Waals surface area contributed by atoms with Gasteiger partial charge < -0.3 is 0 Å². The molecule has 0 amide bonds. The Kier molecular flexibility index (Phi) is 11.9. The first-order valence-corrected chi connectivity index (χ1v) is 11.5. The molecule has 0 radical (unpaired) electrons. The lowest BCUT2D eigenvalue weighted by molar-refractivity contribution is 0.101. The van der Waals surface area contributed by atoms with Crippen molar-refractivity contribution in [3.8, 4) is 0 Å². The van der Waals surface area contributed by atoms with E-state index in [2.05, 4.69) is 10.4 Å². The Morgan fingerprint density at radius 2 is 0.875 bits per heavy atom. The predicted molar refractivity (Wildman–Crippen MR) is 106 cm³/mol. The van der Waals surface area contributed by atoms with Gasteiger partial charge in [0.2, 0.25) is 0 Å². The maximum atomic E-state index is 3.85. The molecular formula is C22H44N2. The van der Waals surface area contributed by atoms with Crippen molar-refractivity contribution in [3.05, 3.63) is 0 Å². The number of nitrogens with zero attached hydrogens (tertiary/aromatic N) is 1. The quantitative estimate of drug-likeness (QED) is 0.580. The molecule has 2 nitrogen and oxygen atoms in total. The highest BCUT2D eigenvalue weighted by Crippen LogP contribution is 2.21. The van der Waals surface area contributed by atoms with Crippen molar-refractivity contribution in [3.63, 3.8) is 0 Å². The van der Waals surface area contributed by atoms with Crippen LogP contribution >= 0.6 is 0 Å². The van der Waals surface area contributed by atoms with Crippen LogP contribution in [0, 0.1) is 0 Å². The van der Waals surface area contributed by atoms with Crippen LogP contribution in [0.25, 0.3) is 0 Å². The molecule has 2 rings (SSSR count). The summed E-state index contributed by atoms with van der Waals surface area (Å²) >= 11 is 0. The second-order valence-electron chi connectivity index (χ2n) is 8.34. The van der Waals surface area contributed by atoms with E-state index in [9.17, 15) is 0 Å². The van der Waals surface area contributed by atoms with E-state index in [-0.39, 0.29) is 0 Å². The van der Waals surface area contributed by atoms with Gasteiger partial charge in [0, 0.05) is 19.1 Å². The zero-order chi connectivity index (χ0) is 16.7. The molecule has 0 aromatic carbocycles. The molecule has 0 spiro atoms. The maximum Gasteiger partial charge on any atom is 0.0243 e. The maximum absolute atomic E-state index is 3.85. The number of hydrogen-bond acceptors (Lipinski definition) is 2. The number of hydrogen-bond donors (Lipinski definition) is 1. The van der Waals surface area contributed by atoms with Gasteiger partial charge in [-0.3, -0.25) is 5.43 Å². The van der Waals surface area contributed by atoms with Crippen molar-refractivity contribution in [2.24, 2.45) is 0 Å². The zero-order valence-electron chi connectivity index (χ0n) is 16.4. The van der Waals surface area contributed by atoms with Crippen LogP contribution < -0.4 is 5.43 Å². The smallest absolute Gasteiger partial charge is 0.0243 e. The third-order valence-corrected chi connectivity index (χ3v) is 6.16. The first-order chi connectivity index (χ1) is 12.0. The average molecular weight is 337 g/mol. The van der Waals surface area contributed by atoms with Gasteiger partial charge in [0.1, 0.15) is 0 Å². The van der Waals surface area contributed by atoms with Gasteiger partial charge in [0.25, 0.3) is 0 Å². The Bertz CT molecular complexity index is 227. The van der Waals surface area contributed by atoms with Crippen LogP contribution in [0.5, 0.6) is 0 Å². The summed E-state index contributed by atoms with van der Waals surface area (Å²) in [5.41, 5.74) is 3.85. The average Bonchev–Trinajstić information content (AvgIpc) is 2.56. The van der Waals surface area contributed by atoms with Gasteiger partial charge in [0.05, 0.1) is 0 Å². The van der Waals surface area contributed by atoms with E-state index in [1.165, 1.54) is 135 Å². The summed E-state index contributed by atoms with van der Waals surface area (Å²) in [7, 11) is 0. The summed E-state index contributed by atoms with van der Waals surface area (Å²) < 4.78 is 0. The predicted octanol–water partition coefficient (Wildman–Crippen LogP) is 6.60. The van der Waals surface area contributed by atoms with Gasteiger partial charge in [-0.05, 0) is 25.7 Å². The van der Waals surface area contributed by atoms with E-state index in [1.54, 1.807) is 0 Å². The van der Waals surface area contributed by atoms with Crippen molar-refractivity contribution < 1.29 is 0 Å². The molecule has 1 saturated heterocycles. The topological polar surface area (TPSA) is 15.3 Å². The molecule has 0 bridgehead atoms. The monoisotopic (exact) mass is 336 g/mol. The standard InChI is InChI=1S/C22H44N2/c1-2-6-10-14-18-22(19-15-11-7-3-1)24-21-17-13-9-5-4-8-12-16-20-23-24/h22-23H,1-21H2. The first-order valence-electron chi connectivity index (χ1n) is 11.5. The summed E-state index contributed by atoms with van der Waals surface area (Å²) in [6.45, 7) is 2.49. The first kappa shape index (κ1) is 20.2. The lowest BCUT2D eigenvalue weighted by Gasteiger charge is -2.33. The fraction of sp³-hybridized carbons (Fsp3) is 1.00. The van der Waals surface area contributed by atoms with E-state index < -0.39 is 0 Å². The van der Waals surface area contributed by atoms with Crippen LogP contribution in [0.3, 0.4) is 0 Å². The van der Waals surface area contributed by atoms with Gasteiger partial charge in [0.15, 0.2) is 0 Å². The number of nitrogens with one attached hydrogen (secondary N) is 1. The third-order valence-electron chi connectivity index (χ3n) is 6.16. The van der Waals surface area contributed by atoms with Crippen LogP contribution in [0.1, 0.15) is 122 Å². The number of hydrazine groups is 1. The fourth-order valence-corrected chi connectivity index (χ4v) is 4.53. The van der Waals surface area contributed by atoms with Gasteiger partial charge in [-0.15, -0.1) is 0 Å². The van der Waals surface area contributed by atoms with E-state index in [0.717, 1.165) is 6.04 Å². The van der Waals surface area contributed by atoms with Crippen molar-refractivity contribution in [2.75, 3.05) is 13.1 Å². The highest BCUT2D eigenvalue weighted by atomic mass is 15.5. The minimum absolute atomic E-state index is 0.798. The Labute approximate surface area is 152 Å². The molecule has 1 aliphatic carbocycles. The molecule has 2 aliphatic rings. The van der Waals surface area contributed by atoms with Crippen LogP contribution in [0.15, 0.2) is 0 Å². The molecule has 1 heterocycles. The molecule has 2 fully saturated rings. The highest BCUT2D eigenvalue weighted by Gasteiger charge is 2.18. The molecule has 1 aliphatic heterocycles. The minimum atomic E-state index is 0.798. The van der Waals surface area contributed by atoms with Crippen molar-refractivity contribution in [1.29, 1.82) is 0 Å². The molecule has 0 aromatic rings. The highest BCUT2D eigenvalue weighted by molar-refractivity contribution is 4.71. The van der Waals surface area contributed by atoms with E-state index in [0.29, 0.717) is 0 Å². The summed E-state index contributed by atoms with van der Waals surface area (Å²) in [5, 5.41) is 2.69. The lowest BCUT2D eigenvalue weighted by Crippen LogP contribution is -2.46. The van der Waals surface area contributed by atoms with Crippen LogP contribution in [0.2, 0.25) is 0 Å². The summed E-state index contributed by atoms with van der Waals surface area (Å²) in [5.74, 6) is 0. The molecule has 1 N–H and O–H groups in total. The molecule has 24 heavy (non-hydrogen) atoms. The lowest BCUT2D eigenvalue weighted by atomic mass is 9.97. The Morgan fingerprint density at radius 1 is 0.458 bits per heavy atom. The van der Waals surface area contributed by atoms with Gasteiger partial charge in [-0.1, -0.05) is 96.3 Å². The second kappa shape index (κ2) is 14.1. The molecule has 2 heteroatoms. The molecular weight excluding hydrogens is 292 g/mol. The van der Waals surface area contributed by atoms with Gasteiger partial charge in [-0.25, -0.2) is 5.01 Å². The Hall–Kier alpha value is -0.0800. The van der Waals surface area contributed by atoms with E-state index in [1.807, 2.05) is 0 Å². The molecule has 0 aromatic heterocycles. The second-order valence-corrected chi connectivity index (χ2v) is 8.34. The van der Waals surface area contributed by atoms with Crippen LogP contribution in [-0.2, 0) is 0 Å². The molecule has 1 saturated carbocycles. The normalized spacial score (nSPS) is 26.5. The fourth-order valence-electron chi connectivity index (χ4n) is 4.53. The molecule has 0 unspecified atom stereocenters. The summed E-state index contributed by atoms with van der Waals surface area (Å²) in [4.78, 5) is 0. The van der Waals surface area contributed by atoms with Crippen LogP contribution in [-0.4, -0.2) is 24.1 Å². The molecule has 0 atom stereocenters. The Morgan fingerprint density at radius 3 is 1.42 bits per heavy atom. The Balaban J connectivity index is 1.82. The SMILES string of the molecule is C1CCCCCC(N2CCCCCCCCCCN2)CCCCC1. The summed E-state index contributed by atoms with van der Waals surface area (Å²) in [6.07, 6.45) is 27.5. The largest absolute Gasteiger partial charge is 0.255 e. The van der Waals surface area contributed by atoms with E-state index in [4.69, 9.17) is 0 Å². The van der Waals surface area contributed by atoms with Gasteiger partial charge >= 0.3 is 0 Å². The van der Waals surface area contributed by atoms with E-state index >= 15 is 0 Å². The third kappa shape index (κ3) is 9.42. The van der Waals surface area contributed by atoms with Crippen molar-refractivity contribution >= 4 is 0 Å². The van der Waals surface area contributed by atoms with Crippen LogP contribution in [0.4, 0.5) is 0 Å². The molecule has 142 valence electrons. The van der Waals surface area contributed by atoms with Crippen molar-refractivity contribution in [1.82, 2.24) is 10.4 Å².